The average molecular weight is 270 g/mol. The fourth-order valence-corrected chi connectivity index (χ4v) is 1.94. The van der Waals surface area contributed by atoms with E-state index in [0.29, 0.717) is 16.7 Å². The van der Waals surface area contributed by atoms with Crippen LogP contribution in [-0.4, -0.2) is 26.2 Å². The summed E-state index contributed by atoms with van der Waals surface area (Å²) in [6.45, 7) is 0. The minimum Gasteiger partial charge on any atom is -0.465 e. The molecule has 0 bridgehead atoms. The highest BCUT2D eigenvalue weighted by Gasteiger charge is 2.16. The van der Waals surface area contributed by atoms with Crippen LogP contribution in [0.2, 0.25) is 0 Å². The van der Waals surface area contributed by atoms with Crippen molar-refractivity contribution in [1.29, 1.82) is 0 Å². The summed E-state index contributed by atoms with van der Waals surface area (Å²) in [6, 6.07) is 14.3. The highest BCUT2D eigenvalue weighted by atomic mass is 16.5. The lowest BCUT2D eigenvalue weighted by molar-refractivity contribution is 0.0600. The third kappa shape index (κ3) is 2.69. The van der Waals surface area contributed by atoms with Crippen molar-refractivity contribution < 1.29 is 19.1 Å². The number of benzene rings is 2. The Balaban J connectivity index is 2.57. The Kier molecular flexibility index (Phi) is 4.15. The molecule has 20 heavy (non-hydrogen) atoms. The Bertz CT molecular complexity index is 632. The van der Waals surface area contributed by atoms with Crippen LogP contribution in [0.1, 0.15) is 20.7 Å². The number of esters is 2. The van der Waals surface area contributed by atoms with Crippen molar-refractivity contribution >= 4 is 11.9 Å². The molecule has 0 heterocycles. The number of rotatable bonds is 3. The SMILES string of the molecule is COC(=O)c1ccc(-c2ccccc2)c(C(=O)OC)c1. The Morgan fingerprint density at radius 3 is 2.10 bits per heavy atom. The largest absolute Gasteiger partial charge is 0.465 e. The van der Waals surface area contributed by atoms with Gasteiger partial charge in [0.25, 0.3) is 0 Å². The highest BCUT2D eigenvalue weighted by Crippen LogP contribution is 2.25. The maximum atomic E-state index is 11.9. The van der Waals surface area contributed by atoms with Crippen LogP contribution in [0.3, 0.4) is 0 Å². The van der Waals surface area contributed by atoms with Gasteiger partial charge in [-0.25, -0.2) is 9.59 Å². The van der Waals surface area contributed by atoms with E-state index in [0.717, 1.165) is 5.56 Å². The average Bonchev–Trinajstić information content (AvgIpc) is 2.53. The van der Waals surface area contributed by atoms with E-state index in [-0.39, 0.29) is 0 Å². The van der Waals surface area contributed by atoms with E-state index >= 15 is 0 Å². The first-order chi connectivity index (χ1) is 9.67. The minimum absolute atomic E-state index is 0.313. The van der Waals surface area contributed by atoms with E-state index in [9.17, 15) is 9.59 Å². The molecule has 0 fully saturated rings. The molecule has 0 aromatic heterocycles. The summed E-state index contributed by atoms with van der Waals surface area (Å²) >= 11 is 0. The zero-order chi connectivity index (χ0) is 14.5. The third-order valence-corrected chi connectivity index (χ3v) is 2.93. The van der Waals surface area contributed by atoms with E-state index in [4.69, 9.17) is 4.74 Å². The van der Waals surface area contributed by atoms with Crippen LogP contribution in [-0.2, 0) is 9.47 Å². The summed E-state index contributed by atoms with van der Waals surface area (Å²) in [7, 11) is 2.60. The van der Waals surface area contributed by atoms with Crippen LogP contribution in [0.4, 0.5) is 0 Å². The number of ether oxygens (including phenoxy) is 2. The predicted octanol–water partition coefficient (Wildman–Crippen LogP) is 2.93. The topological polar surface area (TPSA) is 52.6 Å². The van der Waals surface area contributed by atoms with E-state index in [2.05, 4.69) is 4.74 Å². The molecule has 102 valence electrons. The molecule has 0 saturated heterocycles. The lowest BCUT2D eigenvalue weighted by Gasteiger charge is -2.10. The van der Waals surface area contributed by atoms with Gasteiger partial charge >= 0.3 is 11.9 Å². The van der Waals surface area contributed by atoms with Gasteiger partial charge in [0.05, 0.1) is 25.3 Å². The summed E-state index contributed by atoms with van der Waals surface area (Å²) in [4.78, 5) is 23.4. The second-order valence-corrected chi connectivity index (χ2v) is 4.11. The Morgan fingerprint density at radius 1 is 0.850 bits per heavy atom. The molecule has 0 atom stereocenters. The van der Waals surface area contributed by atoms with Crippen molar-refractivity contribution in [3.63, 3.8) is 0 Å². The van der Waals surface area contributed by atoms with Gasteiger partial charge in [-0.05, 0) is 23.3 Å². The zero-order valence-electron chi connectivity index (χ0n) is 11.3. The molecule has 2 aromatic carbocycles. The van der Waals surface area contributed by atoms with Gasteiger partial charge in [-0.15, -0.1) is 0 Å². The standard InChI is InChI=1S/C16H14O4/c1-19-15(17)12-8-9-13(11-6-4-3-5-7-11)14(10-12)16(18)20-2/h3-10H,1-2H3. The van der Waals surface area contributed by atoms with Crippen LogP contribution < -0.4 is 0 Å². The molecule has 0 N–H and O–H groups in total. The van der Waals surface area contributed by atoms with Gasteiger partial charge in [0.15, 0.2) is 0 Å². The molecule has 0 saturated carbocycles. The second kappa shape index (κ2) is 6.02. The van der Waals surface area contributed by atoms with Gasteiger partial charge in [0, 0.05) is 0 Å². The van der Waals surface area contributed by atoms with E-state index < -0.39 is 11.9 Å². The summed E-state index contributed by atoms with van der Waals surface area (Å²) in [5.74, 6) is -0.982. The van der Waals surface area contributed by atoms with Gasteiger partial charge < -0.3 is 9.47 Å². The van der Waals surface area contributed by atoms with Crippen LogP contribution in [0.25, 0.3) is 11.1 Å². The normalized spacial score (nSPS) is 9.90. The molecule has 2 rings (SSSR count). The van der Waals surface area contributed by atoms with E-state index in [1.807, 2.05) is 30.3 Å². The monoisotopic (exact) mass is 270 g/mol. The van der Waals surface area contributed by atoms with Crippen LogP contribution in [0.5, 0.6) is 0 Å². The molecule has 4 nitrogen and oxygen atoms in total. The lowest BCUT2D eigenvalue weighted by Crippen LogP contribution is -2.08. The van der Waals surface area contributed by atoms with Gasteiger partial charge in [0.2, 0.25) is 0 Å². The van der Waals surface area contributed by atoms with Gasteiger partial charge in [-0.1, -0.05) is 36.4 Å². The number of carbonyl (C=O) groups excluding carboxylic acids is 2. The quantitative estimate of drug-likeness (QED) is 0.805. The zero-order valence-corrected chi connectivity index (χ0v) is 11.3. The van der Waals surface area contributed by atoms with E-state index in [1.54, 1.807) is 12.1 Å². The van der Waals surface area contributed by atoms with Crippen molar-refractivity contribution in [2.45, 2.75) is 0 Å². The van der Waals surface area contributed by atoms with Crippen LogP contribution >= 0.6 is 0 Å². The summed E-state index contributed by atoms with van der Waals surface area (Å²) in [5.41, 5.74) is 2.24. The molecule has 0 aliphatic carbocycles. The first-order valence-electron chi connectivity index (χ1n) is 6.03. The number of hydrogen-bond acceptors (Lipinski definition) is 4. The van der Waals surface area contributed by atoms with Crippen molar-refractivity contribution in [3.05, 3.63) is 59.7 Å². The third-order valence-electron chi connectivity index (χ3n) is 2.93. The van der Waals surface area contributed by atoms with Crippen molar-refractivity contribution in [2.75, 3.05) is 14.2 Å². The molecule has 0 spiro atoms. The summed E-state index contributed by atoms with van der Waals surface area (Å²) in [6.07, 6.45) is 0. The lowest BCUT2D eigenvalue weighted by atomic mass is 9.97. The van der Waals surface area contributed by atoms with Gasteiger partial charge in [-0.2, -0.15) is 0 Å². The summed E-state index contributed by atoms with van der Waals surface area (Å²) < 4.78 is 9.43. The molecule has 0 radical (unpaired) electrons. The maximum absolute atomic E-state index is 11.9. The minimum atomic E-state index is -0.491. The van der Waals surface area contributed by atoms with Gasteiger partial charge in [0.1, 0.15) is 0 Å². The number of hydrogen-bond donors (Lipinski definition) is 0. The molecule has 0 amide bonds. The molecular formula is C16H14O4. The van der Waals surface area contributed by atoms with E-state index in [1.165, 1.54) is 20.3 Å². The molecular weight excluding hydrogens is 256 g/mol. The van der Waals surface area contributed by atoms with Crippen molar-refractivity contribution in [1.82, 2.24) is 0 Å². The van der Waals surface area contributed by atoms with Crippen molar-refractivity contribution in [3.8, 4) is 11.1 Å². The predicted molar refractivity (Wildman–Crippen MR) is 74.6 cm³/mol. The first kappa shape index (κ1) is 13.8. The molecule has 0 aliphatic heterocycles. The molecule has 0 unspecified atom stereocenters. The molecule has 4 heteroatoms. The maximum Gasteiger partial charge on any atom is 0.338 e. The second-order valence-electron chi connectivity index (χ2n) is 4.11. The Hall–Kier alpha value is -2.62. The Morgan fingerprint density at radius 2 is 1.50 bits per heavy atom. The number of methoxy groups -OCH3 is 2. The van der Waals surface area contributed by atoms with Crippen LogP contribution in [0.15, 0.2) is 48.5 Å². The molecule has 2 aromatic rings. The highest BCUT2D eigenvalue weighted by molar-refractivity contribution is 6.00. The van der Waals surface area contributed by atoms with Crippen LogP contribution in [0, 0.1) is 0 Å². The molecule has 0 aliphatic rings. The van der Waals surface area contributed by atoms with Gasteiger partial charge in [-0.3, -0.25) is 0 Å². The Labute approximate surface area is 116 Å². The summed E-state index contributed by atoms with van der Waals surface area (Å²) in [5, 5.41) is 0. The first-order valence-corrected chi connectivity index (χ1v) is 6.03. The smallest absolute Gasteiger partial charge is 0.338 e. The van der Waals surface area contributed by atoms with Crippen molar-refractivity contribution in [2.24, 2.45) is 0 Å². The number of carbonyl (C=O) groups is 2. The fraction of sp³-hybridized carbons (Fsp3) is 0.125. The fourth-order valence-electron chi connectivity index (χ4n) is 1.94.